The van der Waals surface area contributed by atoms with Crippen LogP contribution in [0.1, 0.15) is 29.0 Å². The number of rotatable bonds is 4. The third kappa shape index (κ3) is 3.65. The van der Waals surface area contributed by atoms with E-state index in [1.54, 1.807) is 13.0 Å². The number of nitrogens with one attached hydrogen (secondary N) is 1. The fraction of sp³-hybridized carbons (Fsp3) is 0.583. The van der Waals surface area contributed by atoms with E-state index in [4.69, 9.17) is 16.3 Å². The van der Waals surface area contributed by atoms with E-state index in [9.17, 15) is 4.79 Å². The van der Waals surface area contributed by atoms with Crippen molar-refractivity contribution in [3.8, 4) is 0 Å². The first-order valence-corrected chi connectivity index (χ1v) is 6.40. The highest BCUT2D eigenvalue weighted by atomic mass is 35.5. The summed E-state index contributed by atoms with van der Waals surface area (Å²) in [5.74, 6) is 0.349. The SMILES string of the molecule is Cc1cc(C(=O)NCCC2CCOC2)nc(Cl)n1. The minimum Gasteiger partial charge on any atom is -0.381 e. The lowest BCUT2D eigenvalue weighted by molar-refractivity contribution is 0.0945. The summed E-state index contributed by atoms with van der Waals surface area (Å²) in [7, 11) is 0. The van der Waals surface area contributed by atoms with E-state index in [0.717, 1.165) is 26.1 Å². The molecule has 0 aliphatic carbocycles. The molecule has 1 atom stereocenters. The van der Waals surface area contributed by atoms with Crippen LogP contribution in [-0.4, -0.2) is 35.6 Å². The first-order chi connectivity index (χ1) is 8.65. The van der Waals surface area contributed by atoms with Crippen molar-refractivity contribution in [3.63, 3.8) is 0 Å². The van der Waals surface area contributed by atoms with Crippen molar-refractivity contribution in [1.29, 1.82) is 0 Å². The van der Waals surface area contributed by atoms with E-state index in [1.807, 2.05) is 0 Å². The second-order valence-electron chi connectivity index (χ2n) is 4.44. The Bertz CT molecular complexity index is 413. The Hall–Kier alpha value is -1.20. The highest BCUT2D eigenvalue weighted by Gasteiger charge is 2.16. The largest absolute Gasteiger partial charge is 0.381 e. The highest BCUT2D eigenvalue weighted by Crippen LogP contribution is 2.15. The van der Waals surface area contributed by atoms with Gasteiger partial charge < -0.3 is 10.1 Å². The van der Waals surface area contributed by atoms with Crippen LogP contribution < -0.4 is 5.32 Å². The molecule has 0 bridgehead atoms. The maximum Gasteiger partial charge on any atom is 0.270 e. The maximum atomic E-state index is 11.8. The van der Waals surface area contributed by atoms with Crippen molar-refractivity contribution in [2.24, 2.45) is 5.92 Å². The van der Waals surface area contributed by atoms with E-state index < -0.39 is 0 Å². The third-order valence-electron chi connectivity index (χ3n) is 2.92. The quantitative estimate of drug-likeness (QED) is 0.843. The van der Waals surface area contributed by atoms with Crippen LogP contribution >= 0.6 is 11.6 Å². The van der Waals surface area contributed by atoms with Gasteiger partial charge in [-0.25, -0.2) is 9.97 Å². The average Bonchev–Trinajstić information content (AvgIpc) is 2.80. The van der Waals surface area contributed by atoms with Crippen LogP contribution in [0.2, 0.25) is 5.28 Å². The van der Waals surface area contributed by atoms with E-state index in [2.05, 4.69) is 15.3 Å². The summed E-state index contributed by atoms with van der Waals surface area (Å²) in [6, 6.07) is 1.62. The zero-order valence-corrected chi connectivity index (χ0v) is 11.0. The molecule has 98 valence electrons. The molecule has 1 amide bonds. The first kappa shape index (κ1) is 13.2. The van der Waals surface area contributed by atoms with Crippen LogP contribution in [-0.2, 0) is 4.74 Å². The zero-order valence-electron chi connectivity index (χ0n) is 10.3. The molecule has 0 spiro atoms. The van der Waals surface area contributed by atoms with E-state index in [0.29, 0.717) is 23.9 Å². The molecule has 1 aliphatic rings. The Morgan fingerprint density at radius 3 is 3.11 bits per heavy atom. The van der Waals surface area contributed by atoms with Crippen molar-refractivity contribution in [2.45, 2.75) is 19.8 Å². The van der Waals surface area contributed by atoms with Crippen molar-refractivity contribution < 1.29 is 9.53 Å². The van der Waals surface area contributed by atoms with Gasteiger partial charge in [-0.3, -0.25) is 4.79 Å². The predicted octanol–water partition coefficient (Wildman–Crippen LogP) is 1.59. The molecule has 6 heteroatoms. The smallest absolute Gasteiger partial charge is 0.270 e. The van der Waals surface area contributed by atoms with Crippen LogP contribution in [0.3, 0.4) is 0 Å². The highest BCUT2D eigenvalue weighted by molar-refractivity contribution is 6.28. The summed E-state index contributed by atoms with van der Waals surface area (Å²) in [6.07, 6.45) is 2.01. The second-order valence-corrected chi connectivity index (χ2v) is 4.78. The van der Waals surface area contributed by atoms with Crippen molar-refractivity contribution in [3.05, 3.63) is 22.7 Å². The lowest BCUT2D eigenvalue weighted by Gasteiger charge is -2.08. The van der Waals surface area contributed by atoms with Gasteiger partial charge in [-0.15, -0.1) is 0 Å². The van der Waals surface area contributed by atoms with Crippen LogP contribution in [0.15, 0.2) is 6.07 Å². The molecular formula is C12H16ClN3O2. The molecule has 1 saturated heterocycles. The molecule has 0 aromatic carbocycles. The topological polar surface area (TPSA) is 64.1 Å². The molecule has 1 N–H and O–H groups in total. The third-order valence-corrected chi connectivity index (χ3v) is 3.09. The lowest BCUT2D eigenvalue weighted by Crippen LogP contribution is -2.27. The van der Waals surface area contributed by atoms with Gasteiger partial charge in [-0.2, -0.15) is 0 Å². The van der Waals surface area contributed by atoms with E-state index in [-0.39, 0.29) is 11.2 Å². The number of nitrogens with zero attached hydrogens (tertiary/aromatic N) is 2. The summed E-state index contributed by atoms with van der Waals surface area (Å²) < 4.78 is 5.28. The number of carbonyl (C=O) groups is 1. The Morgan fingerprint density at radius 1 is 1.61 bits per heavy atom. The number of hydrogen-bond acceptors (Lipinski definition) is 4. The van der Waals surface area contributed by atoms with Gasteiger partial charge in [-0.1, -0.05) is 0 Å². The number of aryl methyl sites for hydroxylation is 1. The summed E-state index contributed by atoms with van der Waals surface area (Å²) >= 11 is 5.71. The molecule has 0 saturated carbocycles. The summed E-state index contributed by atoms with van der Waals surface area (Å²) in [4.78, 5) is 19.7. The monoisotopic (exact) mass is 269 g/mol. The Labute approximate surface area is 111 Å². The Morgan fingerprint density at radius 2 is 2.44 bits per heavy atom. The summed E-state index contributed by atoms with van der Waals surface area (Å²) in [6.45, 7) is 4.04. The van der Waals surface area contributed by atoms with Gasteiger partial charge in [0.05, 0.1) is 0 Å². The lowest BCUT2D eigenvalue weighted by atomic mass is 10.1. The molecule has 2 heterocycles. The molecule has 1 aromatic heterocycles. The molecule has 2 rings (SSSR count). The standard InChI is InChI=1S/C12H16ClN3O2/c1-8-6-10(16-12(13)15-8)11(17)14-4-2-9-3-5-18-7-9/h6,9H,2-5,7H2,1H3,(H,14,17). The van der Waals surface area contributed by atoms with Gasteiger partial charge in [0.1, 0.15) is 5.69 Å². The van der Waals surface area contributed by atoms with Gasteiger partial charge in [-0.05, 0) is 43.4 Å². The number of ether oxygens (including phenoxy) is 1. The minimum absolute atomic E-state index is 0.101. The molecule has 1 aromatic rings. The number of aromatic nitrogens is 2. The molecule has 0 radical (unpaired) electrons. The number of halogens is 1. The van der Waals surface area contributed by atoms with E-state index >= 15 is 0 Å². The Kier molecular flexibility index (Phi) is 4.49. The van der Waals surface area contributed by atoms with Crippen molar-refractivity contribution >= 4 is 17.5 Å². The Balaban J connectivity index is 1.83. The molecular weight excluding hydrogens is 254 g/mol. The summed E-state index contributed by atoms with van der Waals surface area (Å²) in [5, 5.41) is 2.94. The molecule has 5 nitrogen and oxygen atoms in total. The molecule has 1 aliphatic heterocycles. The maximum absolute atomic E-state index is 11.8. The van der Waals surface area contributed by atoms with Gasteiger partial charge in [0.2, 0.25) is 5.28 Å². The van der Waals surface area contributed by atoms with Crippen LogP contribution in [0.4, 0.5) is 0 Å². The van der Waals surface area contributed by atoms with Crippen LogP contribution in [0.25, 0.3) is 0 Å². The van der Waals surface area contributed by atoms with Crippen LogP contribution in [0, 0.1) is 12.8 Å². The number of amides is 1. The number of hydrogen-bond donors (Lipinski definition) is 1. The minimum atomic E-state index is -0.207. The zero-order chi connectivity index (χ0) is 13.0. The van der Waals surface area contributed by atoms with Gasteiger partial charge in [0.15, 0.2) is 0 Å². The fourth-order valence-electron chi connectivity index (χ4n) is 1.94. The first-order valence-electron chi connectivity index (χ1n) is 6.02. The summed E-state index contributed by atoms with van der Waals surface area (Å²) in [5.41, 5.74) is 1.000. The van der Waals surface area contributed by atoms with Crippen molar-refractivity contribution in [1.82, 2.24) is 15.3 Å². The predicted molar refractivity (Wildman–Crippen MR) is 67.7 cm³/mol. The number of carbonyl (C=O) groups excluding carboxylic acids is 1. The molecule has 18 heavy (non-hydrogen) atoms. The van der Waals surface area contributed by atoms with E-state index in [1.165, 1.54) is 0 Å². The van der Waals surface area contributed by atoms with Crippen LogP contribution in [0.5, 0.6) is 0 Å². The molecule has 1 fully saturated rings. The normalized spacial score (nSPS) is 18.9. The van der Waals surface area contributed by atoms with Gasteiger partial charge >= 0.3 is 0 Å². The second kappa shape index (κ2) is 6.11. The van der Waals surface area contributed by atoms with Gasteiger partial charge in [0.25, 0.3) is 5.91 Å². The van der Waals surface area contributed by atoms with Gasteiger partial charge in [0, 0.05) is 25.5 Å². The average molecular weight is 270 g/mol. The van der Waals surface area contributed by atoms with Crippen molar-refractivity contribution in [2.75, 3.05) is 19.8 Å². The fourth-order valence-corrected chi connectivity index (χ4v) is 2.16. The molecule has 1 unspecified atom stereocenters.